The Morgan fingerprint density at radius 2 is 2.23 bits per heavy atom. The third-order valence-corrected chi connectivity index (χ3v) is 3.79. The number of ketones is 1. The Balaban J connectivity index is 1.99. The summed E-state index contributed by atoms with van der Waals surface area (Å²) in [5, 5.41) is 0. The van der Waals surface area contributed by atoms with Crippen molar-refractivity contribution >= 4 is 23.5 Å². The van der Waals surface area contributed by atoms with Gasteiger partial charge in [-0.15, -0.1) is 0 Å². The fraction of sp³-hybridized carbons (Fsp3) is 0.778. The lowest BCUT2D eigenvalue weighted by Gasteiger charge is -2.29. The Morgan fingerprint density at radius 1 is 1.38 bits per heavy atom. The number of carbonyl (C=O) groups is 2. The molecule has 2 heterocycles. The van der Waals surface area contributed by atoms with Crippen molar-refractivity contribution in [2.45, 2.75) is 25.3 Å². The first kappa shape index (κ1) is 9.06. The molecule has 4 heteroatoms. The van der Waals surface area contributed by atoms with E-state index in [0.29, 0.717) is 12.6 Å². The molecule has 0 bridgehead atoms. The Labute approximate surface area is 81.9 Å². The summed E-state index contributed by atoms with van der Waals surface area (Å²) in [4.78, 5) is 24.2. The molecule has 1 amide bonds. The highest BCUT2D eigenvalue weighted by molar-refractivity contribution is 7.99. The molecule has 72 valence electrons. The molecule has 0 aromatic carbocycles. The van der Waals surface area contributed by atoms with E-state index in [9.17, 15) is 9.59 Å². The van der Waals surface area contributed by atoms with Crippen LogP contribution in [0.5, 0.6) is 0 Å². The van der Waals surface area contributed by atoms with E-state index in [1.54, 1.807) is 4.90 Å². The van der Waals surface area contributed by atoms with Crippen molar-refractivity contribution in [3.8, 4) is 0 Å². The van der Waals surface area contributed by atoms with Gasteiger partial charge in [-0.1, -0.05) is 0 Å². The van der Waals surface area contributed by atoms with E-state index < -0.39 is 0 Å². The van der Waals surface area contributed by atoms with E-state index in [0.717, 1.165) is 12.2 Å². The van der Waals surface area contributed by atoms with Gasteiger partial charge in [0.2, 0.25) is 5.91 Å². The van der Waals surface area contributed by atoms with Gasteiger partial charge >= 0.3 is 0 Å². The molecule has 1 unspecified atom stereocenters. The minimum absolute atomic E-state index is 0.0394. The maximum absolute atomic E-state index is 11.4. The first-order valence-corrected chi connectivity index (χ1v) is 5.82. The first-order chi connectivity index (χ1) is 6.27. The summed E-state index contributed by atoms with van der Waals surface area (Å²) < 4.78 is 0. The minimum atomic E-state index is 0.0394. The van der Waals surface area contributed by atoms with Gasteiger partial charge in [0.15, 0.2) is 5.78 Å². The maximum atomic E-state index is 11.4. The predicted molar refractivity (Wildman–Crippen MR) is 51.7 cm³/mol. The van der Waals surface area contributed by atoms with Crippen molar-refractivity contribution in [1.82, 2.24) is 4.90 Å². The third-order valence-electron chi connectivity index (χ3n) is 2.59. The summed E-state index contributed by atoms with van der Waals surface area (Å²) in [7, 11) is 0. The highest BCUT2D eigenvalue weighted by Crippen LogP contribution is 2.24. The molecule has 1 atom stereocenters. The zero-order valence-electron chi connectivity index (χ0n) is 7.49. The van der Waals surface area contributed by atoms with Gasteiger partial charge in [-0.2, -0.15) is 11.8 Å². The van der Waals surface area contributed by atoms with Crippen LogP contribution < -0.4 is 0 Å². The SMILES string of the molecule is O=C1CC(=O)N(C2CCCSC2)C1. The van der Waals surface area contributed by atoms with Crippen LogP contribution in [0, 0.1) is 0 Å². The van der Waals surface area contributed by atoms with Crippen LogP contribution in [-0.2, 0) is 9.59 Å². The van der Waals surface area contributed by atoms with E-state index in [2.05, 4.69) is 0 Å². The number of amides is 1. The van der Waals surface area contributed by atoms with Crippen LogP contribution in [0.1, 0.15) is 19.3 Å². The van der Waals surface area contributed by atoms with Gasteiger partial charge < -0.3 is 4.90 Å². The number of thioether (sulfide) groups is 1. The first-order valence-electron chi connectivity index (χ1n) is 4.66. The van der Waals surface area contributed by atoms with Crippen LogP contribution in [0.25, 0.3) is 0 Å². The summed E-state index contributed by atoms with van der Waals surface area (Å²) in [6.45, 7) is 0.365. The summed E-state index contributed by atoms with van der Waals surface area (Å²) in [5.74, 6) is 2.34. The van der Waals surface area contributed by atoms with Crippen molar-refractivity contribution < 1.29 is 9.59 Å². The highest BCUT2D eigenvalue weighted by Gasteiger charge is 2.33. The van der Waals surface area contributed by atoms with E-state index in [1.165, 1.54) is 12.2 Å². The zero-order valence-corrected chi connectivity index (χ0v) is 8.31. The van der Waals surface area contributed by atoms with Gasteiger partial charge in [-0.25, -0.2) is 0 Å². The van der Waals surface area contributed by atoms with E-state index in [4.69, 9.17) is 0 Å². The summed E-state index contributed by atoms with van der Waals surface area (Å²) in [6, 6.07) is 0.331. The van der Waals surface area contributed by atoms with Crippen LogP contribution in [0.3, 0.4) is 0 Å². The van der Waals surface area contributed by atoms with Gasteiger partial charge in [-0.05, 0) is 18.6 Å². The molecule has 3 nitrogen and oxygen atoms in total. The highest BCUT2D eigenvalue weighted by atomic mass is 32.2. The Kier molecular flexibility index (Phi) is 2.58. The maximum Gasteiger partial charge on any atom is 0.230 e. The van der Waals surface area contributed by atoms with Crippen LogP contribution in [0.2, 0.25) is 0 Å². The molecule has 0 saturated carbocycles. The number of carbonyl (C=O) groups excluding carboxylic acids is 2. The number of hydrogen-bond acceptors (Lipinski definition) is 3. The number of likely N-dealkylation sites (tertiary alicyclic amines) is 1. The quantitative estimate of drug-likeness (QED) is 0.583. The van der Waals surface area contributed by atoms with Gasteiger partial charge in [-0.3, -0.25) is 9.59 Å². The molecule has 2 rings (SSSR count). The van der Waals surface area contributed by atoms with Crippen molar-refractivity contribution in [2.24, 2.45) is 0 Å². The molecule has 0 spiro atoms. The van der Waals surface area contributed by atoms with Crippen LogP contribution in [0.4, 0.5) is 0 Å². The molecule has 2 aliphatic rings. The second-order valence-corrected chi connectivity index (χ2v) is 4.76. The topological polar surface area (TPSA) is 37.4 Å². The molecule has 0 aromatic heterocycles. The third kappa shape index (κ3) is 1.88. The van der Waals surface area contributed by atoms with Gasteiger partial charge in [0.25, 0.3) is 0 Å². The lowest BCUT2D eigenvalue weighted by atomic mass is 10.1. The largest absolute Gasteiger partial charge is 0.331 e. The van der Waals surface area contributed by atoms with Crippen molar-refractivity contribution in [2.75, 3.05) is 18.1 Å². The molecular weight excluding hydrogens is 186 g/mol. The normalized spacial score (nSPS) is 29.8. The molecular formula is C9H13NO2S. The van der Waals surface area contributed by atoms with Crippen LogP contribution in [-0.4, -0.2) is 40.7 Å². The Bertz CT molecular complexity index is 236. The van der Waals surface area contributed by atoms with Gasteiger partial charge in [0.05, 0.1) is 13.0 Å². The van der Waals surface area contributed by atoms with Crippen molar-refractivity contribution in [3.63, 3.8) is 0 Å². The lowest BCUT2D eigenvalue weighted by Crippen LogP contribution is -2.39. The Morgan fingerprint density at radius 3 is 2.77 bits per heavy atom. The molecule has 0 radical (unpaired) electrons. The molecule has 13 heavy (non-hydrogen) atoms. The fourth-order valence-corrected chi connectivity index (χ4v) is 3.06. The number of hydrogen-bond donors (Lipinski definition) is 0. The second kappa shape index (κ2) is 3.70. The second-order valence-electron chi connectivity index (χ2n) is 3.61. The standard InChI is InChI=1S/C9H13NO2S/c11-8-4-9(12)10(5-8)7-2-1-3-13-6-7/h7H,1-6H2. The molecule has 2 fully saturated rings. The van der Waals surface area contributed by atoms with Crippen molar-refractivity contribution in [3.05, 3.63) is 0 Å². The van der Waals surface area contributed by atoms with E-state index in [-0.39, 0.29) is 18.1 Å². The van der Waals surface area contributed by atoms with E-state index in [1.807, 2.05) is 11.8 Å². The number of rotatable bonds is 1. The Hall–Kier alpha value is -0.510. The van der Waals surface area contributed by atoms with Crippen molar-refractivity contribution in [1.29, 1.82) is 0 Å². The molecule has 2 saturated heterocycles. The predicted octanol–water partition coefficient (Wildman–Crippen LogP) is 0.683. The molecule has 0 N–H and O–H groups in total. The summed E-state index contributed by atoms with van der Waals surface area (Å²) in [6.07, 6.45) is 2.39. The van der Waals surface area contributed by atoms with E-state index >= 15 is 0 Å². The smallest absolute Gasteiger partial charge is 0.230 e. The van der Waals surface area contributed by atoms with Gasteiger partial charge in [0, 0.05) is 11.8 Å². The fourth-order valence-electron chi connectivity index (χ4n) is 1.91. The summed E-state index contributed by atoms with van der Waals surface area (Å²) in [5.41, 5.74) is 0. The minimum Gasteiger partial charge on any atom is -0.331 e. The van der Waals surface area contributed by atoms with Crippen LogP contribution >= 0.6 is 11.8 Å². The van der Waals surface area contributed by atoms with Gasteiger partial charge in [0.1, 0.15) is 0 Å². The molecule has 0 aromatic rings. The number of Topliss-reactive ketones (excluding diaryl/α,β-unsaturated/α-hetero) is 1. The average molecular weight is 199 g/mol. The summed E-state index contributed by atoms with van der Waals surface area (Å²) >= 11 is 1.89. The monoisotopic (exact) mass is 199 g/mol. The molecule has 2 aliphatic heterocycles. The number of nitrogens with zero attached hydrogens (tertiary/aromatic N) is 1. The lowest BCUT2D eigenvalue weighted by molar-refractivity contribution is -0.129. The zero-order chi connectivity index (χ0) is 9.26. The average Bonchev–Trinajstić information content (AvgIpc) is 2.47. The molecule has 0 aliphatic carbocycles. The van der Waals surface area contributed by atoms with Crippen LogP contribution in [0.15, 0.2) is 0 Å².